The number of amides is 1. The number of hydrogen-bond acceptors (Lipinski definition) is 6. The van der Waals surface area contributed by atoms with Gasteiger partial charge in [0.2, 0.25) is 5.91 Å². The van der Waals surface area contributed by atoms with Crippen molar-refractivity contribution in [2.75, 3.05) is 25.0 Å². The third-order valence-corrected chi connectivity index (χ3v) is 4.87. The molecule has 154 valence electrons. The van der Waals surface area contributed by atoms with Gasteiger partial charge in [-0.3, -0.25) is 19.5 Å². The highest BCUT2D eigenvalue weighted by Crippen LogP contribution is 2.19. The zero-order chi connectivity index (χ0) is 20.6. The number of aliphatic hydroxyl groups is 1. The Morgan fingerprint density at radius 3 is 2.86 bits per heavy atom. The predicted molar refractivity (Wildman–Crippen MR) is 110 cm³/mol. The Kier molecular flexibility index (Phi) is 7.32. The number of ether oxygens (including phenoxy) is 1. The van der Waals surface area contributed by atoms with E-state index in [0.29, 0.717) is 24.4 Å². The Hall–Kier alpha value is -2.77. The van der Waals surface area contributed by atoms with Crippen molar-refractivity contribution < 1.29 is 19.4 Å². The highest BCUT2D eigenvalue weighted by molar-refractivity contribution is 5.88. The number of rotatable bonds is 9. The van der Waals surface area contributed by atoms with Gasteiger partial charge in [-0.15, -0.1) is 0 Å². The molecule has 1 amide bonds. The van der Waals surface area contributed by atoms with Crippen molar-refractivity contribution in [3.63, 3.8) is 0 Å². The van der Waals surface area contributed by atoms with Crippen LogP contribution in [0.3, 0.4) is 0 Å². The minimum absolute atomic E-state index is 0.0852. The van der Waals surface area contributed by atoms with Gasteiger partial charge in [0.15, 0.2) is 5.78 Å². The molecule has 2 aromatic rings. The first kappa shape index (κ1) is 21.0. The van der Waals surface area contributed by atoms with Gasteiger partial charge in [0.05, 0.1) is 24.2 Å². The van der Waals surface area contributed by atoms with E-state index in [1.165, 1.54) is 30.4 Å². The molecule has 2 N–H and O–H groups in total. The summed E-state index contributed by atoms with van der Waals surface area (Å²) < 4.78 is 5.46. The number of aliphatic hydroxyl groups excluding tert-OH is 1. The molecule has 1 aromatic heterocycles. The van der Waals surface area contributed by atoms with E-state index in [9.17, 15) is 14.7 Å². The third kappa shape index (κ3) is 6.66. The third-order valence-electron chi connectivity index (χ3n) is 4.87. The Balaban J connectivity index is 1.38. The number of benzene rings is 1. The lowest BCUT2D eigenvalue weighted by atomic mass is 9.99. The van der Waals surface area contributed by atoms with Crippen LogP contribution in [-0.4, -0.2) is 52.5 Å². The minimum atomic E-state index is -0.547. The fourth-order valence-electron chi connectivity index (χ4n) is 3.43. The van der Waals surface area contributed by atoms with Crippen LogP contribution < -0.4 is 10.1 Å². The number of β-amino-alcohol motifs (C(OH)–C–C–N with tert-alkyl or cyclic N) is 1. The zero-order valence-corrected chi connectivity index (χ0v) is 16.6. The number of carbonyl (C=O) groups is 2. The molecule has 0 saturated heterocycles. The normalized spacial score (nSPS) is 14.7. The minimum Gasteiger partial charge on any atom is -0.484 e. The molecule has 1 aliphatic rings. The molecular formula is C22H27N3O4. The average molecular weight is 397 g/mol. The van der Waals surface area contributed by atoms with E-state index < -0.39 is 6.10 Å². The molecule has 0 fully saturated rings. The van der Waals surface area contributed by atoms with E-state index in [4.69, 9.17) is 4.74 Å². The molecule has 1 aliphatic heterocycles. The van der Waals surface area contributed by atoms with Crippen LogP contribution in [-0.2, 0) is 22.6 Å². The summed E-state index contributed by atoms with van der Waals surface area (Å²) in [5.41, 5.74) is 3.20. The standard InChI is InChI=1S/C22H27N3O4/c1-16(26)24-19-10-22(12-23-11-19)29-15-21(28)7-6-20(27)14-25-9-8-17-4-2-3-5-18(17)13-25/h2-5,10-12,20,27H,6-9,13-15H2,1H3,(H,24,26). The summed E-state index contributed by atoms with van der Waals surface area (Å²) in [5, 5.41) is 12.9. The largest absolute Gasteiger partial charge is 0.484 e. The van der Waals surface area contributed by atoms with Gasteiger partial charge < -0.3 is 15.2 Å². The van der Waals surface area contributed by atoms with Gasteiger partial charge in [0.1, 0.15) is 12.4 Å². The van der Waals surface area contributed by atoms with Crippen LogP contribution in [0.4, 0.5) is 5.69 Å². The van der Waals surface area contributed by atoms with Gasteiger partial charge in [-0.1, -0.05) is 24.3 Å². The van der Waals surface area contributed by atoms with Crippen molar-refractivity contribution in [2.24, 2.45) is 0 Å². The molecule has 1 atom stereocenters. The number of nitrogens with zero attached hydrogens (tertiary/aromatic N) is 2. The number of Topliss-reactive ketones (excluding diaryl/α,β-unsaturated/α-hetero) is 1. The molecule has 0 spiro atoms. The van der Waals surface area contributed by atoms with E-state index >= 15 is 0 Å². The average Bonchev–Trinajstić information content (AvgIpc) is 2.70. The second kappa shape index (κ2) is 10.1. The van der Waals surface area contributed by atoms with E-state index in [1.54, 1.807) is 6.07 Å². The number of fused-ring (bicyclic) bond motifs is 1. The second-order valence-corrected chi connectivity index (χ2v) is 7.36. The van der Waals surface area contributed by atoms with E-state index in [1.807, 2.05) is 6.07 Å². The molecule has 1 aromatic carbocycles. The smallest absolute Gasteiger partial charge is 0.221 e. The molecule has 2 heterocycles. The van der Waals surface area contributed by atoms with Gasteiger partial charge in [0, 0.05) is 39.0 Å². The number of pyridine rings is 1. The molecule has 0 saturated carbocycles. The van der Waals surface area contributed by atoms with Gasteiger partial charge in [0.25, 0.3) is 0 Å². The van der Waals surface area contributed by atoms with Gasteiger partial charge in [-0.05, 0) is 24.0 Å². The van der Waals surface area contributed by atoms with Gasteiger partial charge in [-0.25, -0.2) is 0 Å². The number of anilines is 1. The number of aromatic nitrogens is 1. The highest BCUT2D eigenvalue weighted by Gasteiger charge is 2.19. The van der Waals surface area contributed by atoms with E-state index in [0.717, 1.165) is 19.5 Å². The zero-order valence-electron chi connectivity index (χ0n) is 16.6. The fourth-order valence-corrected chi connectivity index (χ4v) is 3.43. The van der Waals surface area contributed by atoms with Crippen LogP contribution in [0.5, 0.6) is 5.75 Å². The summed E-state index contributed by atoms with van der Waals surface area (Å²) in [6.45, 7) is 3.63. The second-order valence-electron chi connectivity index (χ2n) is 7.36. The van der Waals surface area contributed by atoms with Crippen LogP contribution in [0.2, 0.25) is 0 Å². The molecule has 7 heteroatoms. The molecule has 0 bridgehead atoms. The molecule has 29 heavy (non-hydrogen) atoms. The first-order valence-corrected chi connectivity index (χ1v) is 9.84. The quantitative estimate of drug-likeness (QED) is 0.674. The maximum Gasteiger partial charge on any atom is 0.221 e. The first-order valence-electron chi connectivity index (χ1n) is 9.84. The van der Waals surface area contributed by atoms with Crippen molar-refractivity contribution >= 4 is 17.4 Å². The Morgan fingerprint density at radius 1 is 1.28 bits per heavy atom. The van der Waals surface area contributed by atoms with Gasteiger partial charge >= 0.3 is 0 Å². The molecule has 1 unspecified atom stereocenters. The van der Waals surface area contributed by atoms with Crippen LogP contribution in [0.25, 0.3) is 0 Å². The Morgan fingerprint density at radius 2 is 2.07 bits per heavy atom. The lowest BCUT2D eigenvalue weighted by Crippen LogP contribution is -2.36. The number of ketones is 1. The topological polar surface area (TPSA) is 91.8 Å². The monoisotopic (exact) mass is 397 g/mol. The number of hydrogen-bond donors (Lipinski definition) is 2. The summed E-state index contributed by atoms with van der Waals surface area (Å²) in [6.07, 6.45) is 4.09. The Labute approximate surface area is 170 Å². The van der Waals surface area contributed by atoms with Crippen LogP contribution in [0.1, 0.15) is 30.9 Å². The molecule has 0 radical (unpaired) electrons. The fraction of sp³-hybridized carbons (Fsp3) is 0.409. The lowest BCUT2D eigenvalue weighted by Gasteiger charge is -2.30. The van der Waals surface area contributed by atoms with Crippen molar-refractivity contribution in [1.29, 1.82) is 0 Å². The van der Waals surface area contributed by atoms with Crippen molar-refractivity contribution in [3.8, 4) is 5.75 Å². The summed E-state index contributed by atoms with van der Waals surface area (Å²) in [4.78, 5) is 29.4. The maximum absolute atomic E-state index is 12.1. The van der Waals surface area contributed by atoms with Crippen molar-refractivity contribution in [2.45, 2.75) is 38.8 Å². The van der Waals surface area contributed by atoms with Crippen LogP contribution >= 0.6 is 0 Å². The predicted octanol–water partition coefficient (Wildman–Crippen LogP) is 2.19. The first-order chi connectivity index (χ1) is 14.0. The molecule has 3 rings (SSSR count). The Bertz CT molecular complexity index is 855. The van der Waals surface area contributed by atoms with Gasteiger partial charge in [-0.2, -0.15) is 0 Å². The summed E-state index contributed by atoms with van der Waals surface area (Å²) in [5.74, 6) is 0.126. The molecule has 0 aliphatic carbocycles. The number of nitrogens with one attached hydrogen (secondary N) is 1. The summed E-state index contributed by atoms with van der Waals surface area (Å²) in [6, 6.07) is 10.0. The molecular weight excluding hydrogens is 370 g/mol. The van der Waals surface area contributed by atoms with Crippen LogP contribution in [0.15, 0.2) is 42.7 Å². The lowest BCUT2D eigenvalue weighted by molar-refractivity contribution is -0.121. The number of carbonyl (C=O) groups excluding carboxylic acids is 2. The summed E-state index contributed by atoms with van der Waals surface area (Å²) in [7, 11) is 0. The van der Waals surface area contributed by atoms with E-state index in [-0.39, 0.29) is 24.7 Å². The highest BCUT2D eigenvalue weighted by atomic mass is 16.5. The summed E-state index contributed by atoms with van der Waals surface area (Å²) >= 11 is 0. The van der Waals surface area contributed by atoms with Crippen molar-refractivity contribution in [1.82, 2.24) is 9.88 Å². The van der Waals surface area contributed by atoms with Crippen molar-refractivity contribution in [3.05, 3.63) is 53.9 Å². The SMILES string of the molecule is CC(=O)Nc1cncc(OCC(=O)CCC(O)CN2CCc3ccccc3C2)c1. The molecule has 7 nitrogen and oxygen atoms in total. The van der Waals surface area contributed by atoms with Crippen LogP contribution in [0, 0.1) is 0 Å². The van der Waals surface area contributed by atoms with E-state index in [2.05, 4.69) is 33.4 Å². The maximum atomic E-state index is 12.1.